The van der Waals surface area contributed by atoms with Crippen molar-refractivity contribution in [2.75, 3.05) is 66.1 Å². The molecular weight excluding hydrogens is 254 g/mol. The molecule has 20 heavy (non-hydrogen) atoms. The quantitative estimate of drug-likeness (QED) is 0.645. The Morgan fingerprint density at radius 2 is 1.90 bits per heavy atom. The SMILES string of the molecule is CN1CCC(CCNCC(O)CN2CCOCC2)CC1. The van der Waals surface area contributed by atoms with Crippen molar-refractivity contribution < 1.29 is 9.84 Å². The third-order valence-electron chi connectivity index (χ3n) is 4.52. The van der Waals surface area contributed by atoms with Crippen LogP contribution in [0.15, 0.2) is 0 Å². The van der Waals surface area contributed by atoms with Gasteiger partial charge in [0, 0.05) is 26.2 Å². The largest absolute Gasteiger partial charge is 0.390 e. The Labute approximate surface area is 123 Å². The van der Waals surface area contributed by atoms with Gasteiger partial charge in [-0.15, -0.1) is 0 Å². The molecule has 2 aliphatic rings. The van der Waals surface area contributed by atoms with Crippen LogP contribution in [0, 0.1) is 5.92 Å². The fourth-order valence-corrected chi connectivity index (χ4v) is 3.07. The highest BCUT2D eigenvalue weighted by Crippen LogP contribution is 2.18. The van der Waals surface area contributed by atoms with E-state index < -0.39 is 0 Å². The molecule has 0 radical (unpaired) electrons. The molecule has 5 nitrogen and oxygen atoms in total. The molecule has 1 unspecified atom stereocenters. The van der Waals surface area contributed by atoms with Gasteiger partial charge >= 0.3 is 0 Å². The van der Waals surface area contributed by atoms with Crippen molar-refractivity contribution in [2.24, 2.45) is 5.92 Å². The minimum Gasteiger partial charge on any atom is -0.390 e. The summed E-state index contributed by atoms with van der Waals surface area (Å²) in [6.07, 6.45) is 3.65. The molecule has 118 valence electrons. The number of nitrogens with one attached hydrogen (secondary N) is 1. The first-order chi connectivity index (χ1) is 9.74. The van der Waals surface area contributed by atoms with Crippen molar-refractivity contribution in [3.63, 3.8) is 0 Å². The van der Waals surface area contributed by atoms with Crippen LogP contribution in [0.25, 0.3) is 0 Å². The standard InChI is InChI=1S/C15H31N3O2/c1-17-6-3-14(4-7-17)2-5-16-12-15(19)13-18-8-10-20-11-9-18/h14-16,19H,2-13H2,1H3. The van der Waals surface area contributed by atoms with Gasteiger partial charge in [-0.2, -0.15) is 0 Å². The predicted octanol–water partition coefficient (Wildman–Crippen LogP) is 0.00100. The highest BCUT2D eigenvalue weighted by atomic mass is 16.5. The molecule has 2 aliphatic heterocycles. The van der Waals surface area contributed by atoms with Crippen molar-refractivity contribution in [3.8, 4) is 0 Å². The summed E-state index contributed by atoms with van der Waals surface area (Å²) in [5, 5.41) is 13.4. The van der Waals surface area contributed by atoms with Crippen molar-refractivity contribution in [1.82, 2.24) is 15.1 Å². The second-order valence-electron chi connectivity index (χ2n) is 6.31. The number of hydrogen-bond acceptors (Lipinski definition) is 5. The lowest BCUT2D eigenvalue weighted by Crippen LogP contribution is -2.44. The Balaban J connectivity index is 1.47. The maximum atomic E-state index is 10.0. The number of morpholine rings is 1. The zero-order valence-electron chi connectivity index (χ0n) is 12.9. The molecular formula is C15H31N3O2. The van der Waals surface area contributed by atoms with Gasteiger partial charge in [-0.1, -0.05) is 0 Å². The van der Waals surface area contributed by atoms with Gasteiger partial charge in [0.05, 0.1) is 19.3 Å². The van der Waals surface area contributed by atoms with E-state index in [-0.39, 0.29) is 6.10 Å². The molecule has 2 N–H and O–H groups in total. The van der Waals surface area contributed by atoms with Gasteiger partial charge < -0.3 is 20.1 Å². The molecule has 0 saturated carbocycles. The van der Waals surface area contributed by atoms with Crippen LogP contribution < -0.4 is 5.32 Å². The monoisotopic (exact) mass is 285 g/mol. The fraction of sp³-hybridized carbons (Fsp3) is 1.00. The van der Waals surface area contributed by atoms with Gasteiger partial charge in [-0.3, -0.25) is 4.90 Å². The van der Waals surface area contributed by atoms with E-state index >= 15 is 0 Å². The van der Waals surface area contributed by atoms with Crippen LogP contribution in [0.2, 0.25) is 0 Å². The van der Waals surface area contributed by atoms with Crippen LogP contribution in [0.4, 0.5) is 0 Å². The minimum atomic E-state index is -0.259. The number of piperidine rings is 1. The lowest BCUT2D eigenvalue weighted by atomic mass is 9.94. The van der Waals surface area contributed by atoms with Gasteiger partial charge in [0.1, 0.15) is 0 Å². The number of ether oxygens (including phenoxy) is 1. The van der Waals surface area contributed by atoms with E-state index in [0.29, 0.717) is 6.54 Å². The van der Waals surface area contributed by atoms with Gasteiger partial charge in [-0.25, -0.2) is 0 Å². The van der Waals surface area contributed by atoms with Crippen molar-refractivity contribution in [3.05, 3.63) is 0 Å². The minimum absolute atomic E-state index is 0.259. The summed E-state index contributed by atoms with van der Waals surface area (Å²) < 4.78 is 5.31. The molecule has 2 fully saturated rings. The molecule has 0 bridgehead atoms. The van der Waals surface area contributed by atoms with Crippen molar-refractivity contribution in [2.45, 2.75) is 25.4 Å². The Kier molecular flexibility index (Phi) is 7.24. The summed E-state index contributed by atoms with van der Waals surface area (Å²) in [6, 6.07) is 0. The normalized spacial score (nSPS) is 24.9. The first-order valence-corrected chi connectivity index (χ1v) is 8.11. The molecule has 0 amide bonds. The fourth-order valence-electron chi connectivity index (χ4n) is 3.07. The molecule has 2 rings (SSSR count). The number of aliphatic hydroxyl groups excluding tert-OH is 1. The number of hydrogen-bond donors (Lipinski definition) is 2. The molecule has 0 spiro atoms. The predicted molar refractivity (Wildman–Crippen MR) is 81.0 cm³/mol. The zero-order chi connectivity index (χ0) is 14.2. The van der Waals surface area contributed by atoms with E-state index in [1.54, 1.807) is 0 Å². The zero-order valence-corrected chi connectivity index (χ0v) is 12.9. The summed E-state index contributed by atoms with van der Waals surface area (Å²) >= 11 is 0. The summed E-state index contributed by atoms with van der Waals surface area (Å²) in [5.74, 6) is 0.870. The Morgan fingerprint density at radius 3 is 2.60 bits per heavy atom. The number of β-amino-alcohol motifs (C(OH)–C–C–N with tert-alkyl or cyclic N) is 1. The van der Waals surface area contributed by atoms with E-state index in [1.807, 2.05) is 0 Å². The van der Waals surface area contributed by atoms with Crippen LogP contribution in [-0.2, 0) is 4.74 Å². The Bertz CT molecular complexity index is 252. The number of aliphatic hydroxyl groups is 1. The lowest BCUT2D eigenvalue weighted by Gasteiger charge is -2.29. The first kappa shape index (κ1) is 16.2. The summed E-state index contributed by atoms with van der Waals surface area (Å²) in [4.78, 5) is 4.70. The Hall–Kier alpha value is -0.200. The van der Waals surface area contributed by atoms with Crippen LogP contribution in [0.3, 0.4) is 0 Å². The highest BCUT2D eigenvalue weighted by molar-refractivity contribution is 4.72. The number of likely N-dealkylation sites (tertiary alicyclic amines) is 1. The smallest absolute Gasteiger partial charge is 0.0791 e. The highest BCUT2D eigenvalue weighted by Gasteiger charge is 2.17. The molecule has 0 aromatic carbocycles. The van der Waals surface area contributed by atoms with Gasteiger partial charge in [0.15, 0.2) is 0 Å². The third-order valence-corrected chi connectivity index (χ3v) is 4.52. The van der Waals surface area contributed by atoms with Crippen molar-refractivity contribution >= 4 is 0 Å². The molecule has 0 aromatic heterocycles. The average molecular weight is 285 g/mol. The van der Waals surface area contributed by atoms with Crippen LogP contribution in [0.5, 0.6) is 0 Å². The van der Waals surface area contributed by atoms with E-state index in [2.05, 4.69) is 22.2 Å². The van der Waals surface area contributed by atoms with Gasteiger partial charge in [0.25, 0.3) is 0 Å². The van der Waals surface area contributed by atoms with E-state index in [1.165, 1.54) is 32.4 Å². The van der Waals surface area contributed by atoms with Crippen LogP contribution >= 0.6 is 0 Å². The second kappa shape index (κ2) is 8.95. The molecule has 2 heterocycles. The lowest BCUT2D eigenvalue weighted by molar-refractivity contribution is 0.0149. The molecule has 1 atom stereocenters. The van der Waals surface area contributed by atoms with E-state index in [0.717, 1.165) is 45.3 Å². The summed E-state index contributed by atoms with van der Waals surface area (Å²) in [6.45, 7) is 8.50. The first-order valence-electron chi connectivity index (χ1n) is 8.11. The summed E-state index contributed by atoms with van der Waals surface area (Å²) in [7, 11) is 2.20. The van der Waals surface area contributed by atoms with Gasteiger partial charge in [0.2, 0.25) is 0 Å². The number of nitrogens with zero attached hydrogens (tertiary/aromatic N) is 2. The average Bonchev–Trinajstić information content (AvgIpc) is 2.46. The molecule has 2 saturated heterocycles. The molecule has 0 aromatic rings. The maximum absolute atomic E-state index is 10.0. The maximum Gasteiger partial charge on any atom is 0.0791 e. The van der Waals surface area contributed by atoms with E-state index in [4.69, 9.17) is 4.74 Å². The van der Waals surface area contributed by atoms with Crippen LogP contribution in [0.1, 0.15) is 19.3 Å². The summed E-state index contributed by atoms with van der Waals surface area (Å²) in [5.41, 5.74) is 0. The van der Waals surface area contributed by atoms with E-state index in [9.17, 15) is 5.11 Å². The van der Waals surface area contributed by atoms with Gasteiger partial charge in [-0.05, 0) is 51.9 Å². The topological polar surface area (TPSA) is 48.0 Å². The number of rotatable bonds is 7. The molecule has 0 aliphatic carbocycles. The second-order valence-corrected chi connectivity index (χ2v) is 6.31. The van der Waals surface area contributed by atoms with Crippen LogP contribution in [-0.4, -0.2) is 87.1 Å². The molecule has 5 heteroatoms. The Morgan fingerprint density at radius 1 is 1.20 bits per heavy atom. The third kappa shape index (κ3) is 6.06. The van der Waals surface area contributed by atoms with Crippen molar-refractivity contribution in [1.29, 1.82) is 0 Å².